The van der Waals surface area contributed by atoms with E-state index in [1.165, 1.54) is 0 Å². The number of nitrogens with zero attached hydrogens (tertiary/aromatic N) is 1. The van der Waals surface area contributed by atoms with Gasteiger partial charge in [0, 0.05) is 17.6 Å². The van der Waals surface area contributed by atoms with E-state index in [1.54, 1.807) is 24.3 Å². The minimum Gasteiger partial charge on any atom is -0.488 e. The number of fused-ring (bicyclic) bond motifs is 1. The Balaban J connectivity index is 1.33. The summed E-state index contributed by atoms with van der Waals surface area (Å²) in [5, 5.41) is 19.8. The molecule has 0 aliphatic rings. The molecule has 0 fully saturated rings. The largest absolute Gasteiger partial charge is 0.488 e. The van der Waals surface area contributed by atoms with E-state index in [1.807, 2.05) is 60.7 Å². The van der Waals surface area contributed by atoms with Gasteiger partial charge in [0.05, 0.1) is 23.7 Å². The zero-order valence-corrected chi connectivity index (χ0v) is 20.8. The van der Waals surface area contributed by atoms with E-state index < -0.39 is 24.5 Å². The zero-order valence-electron chi connectivity index (χ0n) is 20.8. The second-order valence-electron chi connectivity index (χ2n) is 8.76. The molecular weight excluding hydrogens is 486 g/mol. The van der Waals surface area contributed by atoms with E-state index >= 15 is 0 Å². The van der Waals surface area contributed by atoms with Gasteiger partial charge in [-0.05, 0) is 42.7 Å². The number of carboxylic acid groups (broad SMARTS) is 2. The summed E-state index contributed by atoms with van der Waals surface area (Å²) in [6.07, 6.45) is 0.614. The highest BCUT2D eigenvalue weighted by molar-refractivity contribution is 5.78. The number of carboxylic acids is 2. The Morgan fingerprint density at radius 2 is 1.45 bits per heavy atom. The molecule has 0 aliphatic carbocycles. The first-order valence-corrected chi connectivity index (χ1v) is 12.3. The van der Waals surface area contributed by atoms with Crippen molar-refractivity contribution in [3.8, 4) is 11.5 Å². The molecule has 0 saturated heterocycles. The fraction of sp³-hybridized carbons (Fsp3) is 0.233. The van der Waals surface area contributed by atoms with Crippen molar-refractivity contribution in [1.29, 1.82) is 0 Å². The summed E-state index contributed by atoms with van der Waals surface area (Å²) in [6, 6.07) is 26.1. The van der Waals surface area contributed by atoms with Crippen molar-refractivity contribution >= 4 is 22.8 Å². The highest BCUT2D eigenvalue weighted by atomic mass is 16.5. The number of benzene rings is 3. The van der Waals surface area contributed by atoms with Gasteiger partial charge < -0.3 is 24.4 Å². The Labute approximate surface area is 220 Å². The highest BCUT2D eigenvalue weighted by Crippen LogP contribution is 2.26. The number of hydrogen-bond donors (Lipinski definition) is 2. The lowest BCUT2D eigenvalue weighted by Gasteiger charge is -2.17. The third-order valence-corrected chi connectivity index (χ3v) is 6.01. The third-order valence-electron chi connectivity index (χ3n) is 6.01. The molecule has 0 spiro atoms. The molecule has 1 unspecified atom stereocenters. The standard InChI is InChI=1S/C30H29NO7/c32-29(33)20-38-28-12-6-3-9-24(28)18-37-27-11-5-2-8-22(27)17-23(30(34)35)15-16-36-19-25-14-13-21-7-1-4-10-26(21)31-25/h1-14,23H,15-20H2,(H,32,33)(H,34,35). The molecule has 2 N–H and O–H groups in total. The first-order valence-electron chi connectivity index (χ1n) is 12.3. The molecule has 0 bridgehead atoms. The molecule has 0 saturated carbocycles. The molecule has 3 aromatic carbocycles. The Bertz CT molecular complexity index is 1390. The van der Waals surface area contributed by atoms with Gasteiger partial charge in [-0.15, -0.1) is 0 Å². The first-order chi connectivity index (χ1) is 18.5. The second kappa shape index (κ2) is 13.2. The summed E-state index contributed by atoms with van der Waals surface area (Å²) in [7, 11) is 0. The number of hydrogen-bond acceptors (Lipinski definition) is 6. The molecule has 4 rings (SSSR count). The fourth-order valence-electron chi connectivity index (χ4n) is 4.04. The van der Waals surface area contributed by atoms with E-state index in [2.05, 4.69) is 4.98 Å². The van der Waals surface area contributed by atoms with Crippen LogP contribution >= 0.6 is 0 Å². The number of ether oxygens (including phenoxy) is 3. The number of pyridine rings is 1. The molecule has 38 heavy (non-hydrogen) atoms. The van der Waals surface area contributed by atoms with Gasteiger partial charge in [0.25, 0.3) is 0 Å². The second-order valence-corrected chi connectivity index (χ2v) is 8.76. The molecule has 0 aliphatic heterocycles. The quantitative estimate of drug-likeness (QED) is 0.222. The number of carbonyl (C=O) groups is 2. The van der Waals surface area contributed by atoms with Crippen LogP contribution in [0.4, 0.5) is 0 Å². The maximum absolute atomic E-state index is 12.0. The van der Waals surface area contributed by atoms with Crippen LogP contribution in [0.2, 0.25) is 0 Å². The highest BCUT2D eigenvalue weighted by Gasteiger charge is 2.20. The summed E-state index contributed by atoms with van der Waals surface area (Å²) in [5.74, 6) is -1.64. The monoisotopic (exact) mass is 515 g/mol. The van der Waals surface area contributed by atoms with Gasteiger partial charge in [-0.3, -0.25) is 9.78 Å². The Morgan fingerprint density at radius 1 is 0.763 bits per heavy atom. The Hall–Kier alpha value is -4.43. The number of rotatable bonds is 14. The van der Waals surface area contributed by atoms with Crippen LogP contribution in [0.3, 0.4) is 0 Å². The van der Waals surface area contributed by atoms with Gasteiger partial charge in [-0.25, -0.2) is 4.79 Å². The van der Waals surface area contributed by atoms with Crippen LogP contribution in [0.25, 0.3) is 10.9 Å². The smallest absolute Gasteiger partial charge is 0.341 e. The number of aliphatic carboxylic acids is 2. The van der Waals surface area contributed by atoms with Crippen molar-refractivity contribution in [2.45, 2.75) is 26.1 Å². The normalized spacial score (nSPS) is 11.7. The molecule has 0 radical (unpaired) electrons. The zero-order chi connectivity index (χ0) is 26.7. The summed E-state index contributed by atoms with van der Waals surface area (Å²) in [6.45, 7) is 0.280. The third kappa shape index (κ3) is 7.54. The van der Waals surface area contributed by atoms with E-state index in [9.17, 15) is 14.7 Å². The predicted molar refractivity (Wildman–Crippen MR) is 141 cm³/mol. The van der Waals surface area contributed by atoms with Crippen molar-refractivity contribution in [2.24, 2.45) is 5.92 Å². The molecule has 0 amide bonds. The molecule has 4 aromatic rings. The van der Waals surface area contributed by atoms with Crippen LogP contribution in [-0.2, 0) is 34.0 Å². The van der Waals surface area contributed by atoms with Crippen molar-refractivity contribution < 1.29 is 34.0 Å². The summed E-state index contributed by atoms with van der Waals surface area (Å²) >= 11 is 0. The van der Waals surface area contributed by atoms with Crippen molar-refractivity contribution in [1.82, 2.24) is 4.98 Å². The molecule has 1 aromatic heterocycles. The van der Waals surface area contributed by atoms with Gasteiger partial charge in [-0.2, -0.15) is 0 Å². The maximum Gasteiger partial charge on any atom is 0.341 e. The topological polar surface area (TPSA) is 115 Å². The van der Waals surface area contributed by atoms with Crippen LogP contribution in [-0.4, -0.2) is 40.3 Å². The lowest BCUT2D eigenvalue weighted by atomic mass is 9.96. The molecule has 1 atom stereocenters. The van der Waals surface area contributed by atoms with Crippen molar-refractivity contribution in [3.63, 3.8) is 0 Å². The lowest BCUT2D eigenvalue weighted by molar-refractivity contribution is -0.142. The predicted octanol–water partition coefficient (Wildman–Crippen LogP) is 5.13. The molecule has 8 nitrogen and oxygen atoms in total. The fourth-order valence-corrected chi connectivity index (χ4v) is 4.04. The van der Waals surface area contributed by atoms with Gasteiger partial charge >= 0.3 is 11.9 Å². The van der Waals surface area contributed by atoms with E-state index in [0.717, 1.165) is 22.2 Å². The SMILES string of the molecule is O=C(O)COc1ccccc1COc1ccccc1CC(CCOCc1ccc2ccccc2n1)C(=O)O. The van der Waals surface area contributed by atoms with E-state index in [-0.39, 0.29) is 19.6 Å². The number of para-hydroxylation sites is 3. The summed E-state index contributed by atoms with van der Waals surface area (Å²) < 4.78 is 17.1. The Kier molecular flexibility index (Phi) is 9.26. The van der Waals surface area contributed by atoms with Crippen LogP contribution < -0.4 is 9.47 Å². The summed E-state index contributed by atoms with van der Waals surface area (Å²) in [4.78, 5) is 27.4. The summed E-state index contributed by atoms with van der Waals surface area (Å²) in [5.41, 5.74) is 3.14. The van der Waals surface area contributed by atoms with E-state index in [4.69, 9.17) is 19.3 Å². The van der Waals surface area contributed by atoms with Gasteiger partial charge in [-0.1, -0.05) is 60.7 Å². The van der Waals surface area contributed by atoms with Crippen LogP contribution in [0.5, 0.6) is 11.5 Å². The van der Waals surface area contributed by atoms with E-state index in [0.29, 0.717) is 30.1 Å². The van der Waals surface area contributed by atoms with Crippen molar-refractivity contribution in [3.05, 3.63) is 102 Å². The Morgan fingerprint density at radius 3 is 2.21 bits per heavy atom. The van der Waals surface area contributed by atoms with Crippen LogP contribution in [0.1, 0.15) is 23.2 Å². The molecule has 1 heterocycles. The van der Waals surface area contributed by atoms with Crippen molar-refractivity contribution in [2.75, 3.05) is 13.2 Å². The average molecular weight is 516 g/mol. The maximum atomic E-state index is 12.0. The van der Waals surface area contributed by atoms with Crippen LogP contribution in [0, 0.1) is 5.92 Å². The molecule has 196 valence electrons. The lowest BCUT2D eigenvalue weighted by Crippen LogP contribution is -2.19. The average Bonchev–Trinajstić information content (AvgIpc) is 2.93. The molecular formula is C30H29NO7. The van der Waals surface area contributed by atoms with Gasteiger partial charge in [0.2, 0.25) is 0 Å². The number of aromatic nitrogens is 1. The van der Waals surface area contributed by atoms with Gasteiger partial charge in [0.1, 0.15) is 18.1 Å². The first kappa shape index (κ1) is 26.6. The van der Waals surface area contributed by atoms with Crippen LogP contribution in [0.15, 0.2) is 84.9 Å². The minimum absolute atomic E-state index is 0.145. The van der Waals surface area contributed by atoms with Gasteiger partial charge in [0.15, 0.2) is 6.61 Å². The minimum atomic E-state index is -1.07. The molecule has 8 heteroatoms.